The average Bonchev–Trinajstić information content (AvgIpc) is 2.91. The second-order valence-electron chi connectivity index (χ2n) is 3.97. The summed E-state index contributed by atoms with van der Waals surface area (Å²) < 4.78 is 74.2. The summed E-state index contributed by atoms with van der Waals surface area (Å²) in [5.41, 5.74) is 0. The molecule has 0 radical (unpaired) electrons. The van der Waals surface area contributed by atoms with Crippen LogP contribution in [0.3, 0.4) is 0 Å². The van der Waals surface area contributed by atoms with Crippen molar-refractivity contribution in [2.75, 3.05) is 11.9 Å². The van der Waals surface area contributed by atoms with Gasteiger partial charge in [0.2, 0.25) is 11.8 Å². The molecule has 0 spiro atoms. The number of halogens is 7. The van der Waals surface area contributed by atoms with Gasteiger partial charge in [-0.3, -0.25) is 4.79 Å². The first-order valence-electron chi connectivity index (χ1n) is 5.09. The lowest BCUT2D eigenvalue weighted by Gasteiger charge is -2.29. The maximum Gasteiger partial charge on any atom is 0.409 e. The number of nitrogens with zero attached hydrogens (tertiary/aromatic N) is 1. The number of alkyl halides is 7. The highest BCUT2D eigenvalue weighted by atomic mass is 79.9. The smallest absolute Gasteiger partial charge is 0.338 e. The molecule has 2 nitrogen and oxygen atoms in total. The van der Waals surface area contributed by atoms with E-state index in [0.29, 0.717) is 17.7 Å². The maximum atomic E-state index is 12.4. The van der Waals surface area contributed by atoms with Crippen LogP contribution in [0.25, 0.3) is 0 Å². The third kappa shape index (κ3) is 3.76. The molecule has 0 aromatic heterocycles. The van der Waals surface area contributed by atoms with E-state index in [1.807, 2.05) is 0 Å². The molecule has 18 heavy (non-hydrogen) atoms. The Morgan fingerprint density at radius 3 is 1.89 bits per heavy atom. The van der Waals surface area contributed by atoms with Crippen molar-refractivity contribution in [3.63, 3.8) is 0 Å². The molecule has 0 aromatic rings. The number of carbonyl (C=O) groups excluding carboxylic acids is 1. The van der Waals surface area contributed by atoms with E-state index < -0.39 is 30.2 Å². The van der Waals surface area contributed by atoms with Crippen LogP contribution in [-0.2, 0) is 4.79 Å². The van der Waals surface area contributed by atoms with Crippen molar-refractivity contribution in [1.29, 1.82) is 0 Å². The molecule has 0 bridgehead atoms. The Bertz CT molecular complexity index is 297. The van der Waals surface area contributed by atoms with Crippen molar-refractivity contribution in [2.45, 2.75) is 31.2 Å². The largest absolute Gasteiger partial charge is 0.409 e. The number of hydrogen-bond acceptors (Lipinski definition) is 1. The molecule has 0 atom stereocenters. The van der Waals surface area contributed by atoms with Crippen molar-refractivity contribution >= 4 is 21.8 Å². The lowest BCUT2D eigenvalue weighted by molar-refractivity contribution is -0.277. The third-order valence-corrected chi connectivity index (χ3v) is 2.85. The molecule has 0 unspecified atom stereocenters. The SMILES string of the molecule is O=C(C(C(F)(F)F)C(F)(F)F)N(CCBr)C1CC1. The fourth-order valence-corrected chi connectivity index (χ4v) is 1.96. The Morgan fingerprint density at radius 2 is 1.61 bits per heavy atom. The van der Waals surface area contributed by atoms with Gasteiger partial charge in [-0.05, 0) is 12.8 Å². The third-order valence-electron chi connectivity index (χ3n) is 2.50. The molecule has 106 valence electrons. The zero-order valence-electron chi connectivity index (χ0n) is 8.98. The topological polar surface area (TPSA) is 20.3 Å². The Kier molecular flexibility index (Phi) is 4.56. The van der Waals surface area contributed by atoms with Crippen LogP contribution in [0.1, 0.15) is 12.8 Å². The van der Waals surface area contributed by atoms with Gasteiger partial charge in [0, 0.05) is 17.9 Å². The molecule has 0 N–H and O–H groups in total. The molecule has 0 aromatic carbocycles. The minimum absolute atomic E-state index is 0.137. The average molecular weight is 342 g/mol. The summed E-state index contributed by atoms with van der Waals surface area (Å²) in [6, 6.07) is -0.498. The van der Waals surface area contributed by atoms with Crippen LogP contribution < -0.4 is 0 Å². The van der Waals surface area contributed by atoms with Gasteiger partial charge in [-0.2, -0.15) is 26.3 Å². The summed E-state index contributed by atoms with van der Waals surface area (Å²) >= 11 is 2.91. The molecule has 1 fully saturated rings. The molecule has 0 heterocycles. The summed E-state index contributed by atoms with van der Waals surface area (Å²) in [4.78, 5) is 12.1. The summed E-state index contributed by atoms with van der Waals surface area (Å²) in [6.45, 7) is -0.161. The molecule has 1 rings (SSSR count). The van der Waals surface area contributed by atoms with Crippen molar-refractivity contribution in [1.82, 2.24) is 4.90 Å². The Labute approximate surface area is 107 Å². The van der Waals surface area contributed by atoms with E-state index in [9.17, 15) is 31.1 Å². The zero-order valence-corrected chi connectivity index (χ0v) is 10.6. The van der Waals surface area contributed by atoms with Gasteiger partial charge in [0.1, 0.15) is 0 Å². The quantitative estimate of drug-likeness (QED) is 0.568. The summed E-state index contributed by atoms with van der Waals surface area (Å²) in [5, 5.41) is 0.137. The Hall–Kier alpha value is -0.470. The van der Waals surface area contributed by atoms with Gasteiger partial charge in [-0.15, -0.1) is 0 Å². The number of hydrogen-bond donors (Lipinski definition) is 0. The van der Waals surface area contributed by atoms with Crippen molar-refractivity contribution in [2.24, 2.45) is 5.92 Å². The van der Waals surface area contributed by atoms with Gasteiger partial charge >= 0.3 is 12.4 Å². The fourth-order valence-electron chi connectivity index (χ4n) is 1.58. The van der Waals surface area contributed by atoms with Crippen molar-refractivity contribution < 1.29 is 31.1 Å². The highest BCUT2D eigenvalue weighted by Crippen LogP contribution is 2.42. The molecule has 1 aliphatic carbocycles. The lowest BCUT2D eigenvalue weighted by atomic mass is 10.1. The fraction of sp³-hybridized carbons (Fsp3) is 0.889. The minimum atomic E-state index is -5.62. The highest BCUT2D eigenvalue weighted by Gasteiger charge is 2.62. The van der Waals surface area contributed by atoms with E-state index in [2.05, 4.69) is 15.9 Å². The van der Waals surface area contributed by atoms with E-state index in [4.69, 9.17) is 0 Å². The lowest BCUT2D eigenvalue weighted by Crippen LogP contribution is -2.50. The van der Waals surface area contributed by atoms with Gasteiger partial charge in [0.15, 0.2) is 0 Å². The predicted molar refractivity (Wildman–Crippen MR) is 54.1 cm³/mol. The first kappa shape index (κ1) is 15.6. The van der Waals surface area contributed by atoms with Crippen LogP contribution in [-0.4, -0.2) is 41.1 Å². The van der Waals surface area contributed by atoms with Gasteiger partial charge in [-0.25, -0.2) is 0 Å². The number of rotatable bonds is 4. The summed E-state index contributed by atoms with van der Waals surface area (Å²) in [6.07, 6.45) is -10.3. The first-order chi connectivity index (χ1) is 8.09. The number of carbonyl (C=O) groups is 1. The van der Waals surface area contributed by atoms with Gasteiger partial charge < -0.3 is 4.90 Å². The van der Waals surface area contributed by atoms with Gasteiger partial charge in [-0.1, -0.05) is 15.9 Å². The van der Waals surface area contributed by atoms with Gasteiger partial charge in [0.05, 0.1) is 0 Å². The van der Waals surface area contributed by atoms with Crippen LogP contribution in [0.5, 0.6) is 0 Å². The molecule has 0 saturated heterocycles. The van der Waals surface area contributed by atoms with E-state index in [0.717, 1.165) is 0 Å². The predicted octanol–water partition coefficient (Wildman–Crippen LogP) is 3.11. The van der Waals surface area contributed by atoms with E-state index in [1.165, 1.54) is 0 Å². The summed E-state index contributed by atoms with van der Waals surface area (Å²) in [5.74, 6) is -5.83. The monoisotopic (exact) mass is 341 g/mol. The molecule has 0 aliphatic heterocycles. The molecular formula is C9H10BrF6NO. The second-order valence-corrected chi connectivity index (χ2v) is 4.76. The molecule has 1 aliphatic rings. The van der Waals surface area contributed by atoms with Crippen LogP contribution in [0.2, 0.25) is 0 Å². The molecule has 1 saturated carbocycles. The van der Waals surface area contributed by atoms with Crippen molar-refractivity contribution in [3.8, 4) is 0 Å². The van der Waals surface area contributed by atoms with Crippen molar-refractivity contribution in [3.05, 3.63) is 0 Å². The standard InChI is InChI=1S/C9H10BrF6NO/c10-3-4-17(5-1-2-5)7(18)6(8(11,12)13)9(14,15)16/h5-6H,1-4H2. The first-order valence-corrected chi connectivity index (χ1v) is 6.21. The molecule has 1 amide bonds. The normalized spacial score (nSPS) is 17.1. The zero-order chi connectivity index (χ0) is 14.1. The van der Waals surface area contributed by atoms with Crippen LogP contribution in [0.4, 0.5) is 26.3 Å². The molecular weight excluding hydrogens is 332 g/mol. The number of amides is 1. The Morgan fingerprint density at radius 1 is 1.17 bits per heavy atom. The van der Waals surface area contributed by atoms with E-state index >= 15 is 0 Å². The minimum Gasteiger partial charge on any atom is -0.338 e. The maximum absolute atomic E-state index is 12.4. The van der Waals surface area contributed by atoms with Crippen LogP contribution in [0.15, 0.2) is 0 Å². The van der Waals surface area contributed by atoms with Crippen LogP contribution in [0, 0.1) is 5.92 Å². The second kappa shape index (κ2) is 5.26. The highest BCUT2D eigenvalue weighted by molar-refractivity contribution is 9.09. The van der Waals surface area contributed by atoms with E-state index in [-0.39, 0.29) is 11.9 Å². The van der Waals surface area contributed by atoms with E-state index in [1.54, 1.807) is 0 Å². The summed E-state index contributed by atoms with van der Waals surface area (Å²) in [7, 11) is 0. The Balaban J connectivity index is 2.94. The molecule has 9 heteroatoms. The van der Waals surface area contributed by atoms with Crippen LogP contribution >= 0.6 is 15.9 Å². The van der Waals surface area contributed by atoms with Gasteiger partial charge in [0.25, 0.3) is 0 Å².